The molecule has 4 amide bonds. The van der Waals surface area contributed by atoms with Gasteiger partial charge < -0.3 is 31.5 Å². The summed E-state index contributed by atoms with van der Waals surface area (Å²) in [6, 6.07) is 20.9. The first-order chi connectivity index (χ1) is 25.4. The topological polar surface area (TPSA) is 249 Å². The number of benzene rings is 6. The molecule has 6 aromatic rings. The fourth-order valence-corrected chi connectivity index (χ4v) is 6.74. The summed E-state index contributed by atoms with van der Waals surface area (Å²) in [6.45, 7) is 3.33. The summed E-state index contributed by atoms with van der Waals surface area (Å²) < 4.78 is 66.0. The maximum atomic E-state index is 13.4. The lowest BCUT2D eigenvalue weighted by Gasteiger charge is -2.15. The highest BCUT2D eigenvalue weighted by molar-refractivity contribution is 7.86. The van der Waals surface area contributed by atoms with E-state index in [1.807, 2.05) is 0 Å². The highest BCUT2D eigenvalue weighted by atomic mass is 32.2. The molecule has 15 nitrogen and oxygen atoms in total. The van der Waals surface area contributed by atoms with Gasteiger partial charge in [-0.15, -0.1) is 0 Å². The molecule has 6 rings (SSSR count). The molecule has 0 unspecified atom stereocenters. The Morgan fingerprint density at radius 3 is 1.24 bits per heavy atom. The number of amides is 4. The minimum absolute atomic E-state index is 0.148. The molecule has 6 aromatic carbocycles. The summed E-state index contributed by atoms with van der Waals surface area (Å²) in [5.41, 5.74) is 2.11. The molecular weight excluding hydrogens is 741 g/mol. The molecule has 8 N–H and O–H groups in total. The molecule has 0 saturated carbocycles. The standard InChI is InChI=1S/C37H30N4O11S2/c1-19-3-5-21(15-27(19)35(44)40-31-11-13-33(42)25-9-7-23(17-29(25)31)53(47,48)49)38-37(46)39-22-6-4-20(2)28(16-22)36(45)41-32-12-14-34(43)26-10-8-24(18-30(26)32)54(50,51)52/h3-18,42-43H,1-2H3,(H,40,44)(H,41,45)(H2,38,39,46)(H,47,48,49)(H,50,51,52). The summed E-state index contributed by atoms with van der Waals surface area (Å²) in [6.07, 6.45) is 0. The summed E-state index contributed by atoms with van der Waals surface area (Å²) in [5, 5.41) is 31.9. The smallest absolute Gasteiger partial charge is 0.323 e. The van der Waals surface area contributed by atoms with Gasteiger partial charge in [-0.3, -0.25) is 18.7 Å². The average Bonchev–Trinajstić information content (AvgIpc) is 3.11. The molecule has 0 bridgehead atoms. The Labute approximate surface area is 307 Å². The second-order valence-electron chi connectivity index (χ2n) is 12.2. The third kappa shape index (κ3) is 7.79. The molecule has 0 heterocycles. The number of urea groups is 1. The SMILES string of the molecule is Cc1ccc(NC(=O)Nc2ccc(C)c(C(=O)Nc3ccc(O)c4ccc(S(=O)(=O)O)cc34)c2)cc1C(=O)Nc1ccc(O)c2ccc(S(=O)(=O)O)cc12. The molecule has 276 valence electrons. The zero-order valence-electron chi connectivity index (χ0n) is 28.2. The van der Waals surface area contributed by atoms with Gasteiger partial charge in [0.1, 0.15) is 11.5 Å². The van der Waals surface area contributed by atoms with Crippen molar-refractivity contribution in [2.24, 2.45) is 0 Å². The van der Waals surface area contributed by atoms with Crippen LogP contribution in [0.5, 0.6) is 11.5 Å². The molecule has 0 atom stereocenters. The van der Waals surface area contributed by atoms with Crippen LogP contribution in [0, 0.1) is 13.8 Å². The number of rotatable bonds is 8. The van der Waals surface area contributed by atoms with Crippen LogP contribution in [0.15, 0.2) is 107 Å². The van der Waals surface area contributed by atoms with Crippen molar-refractivity contribution in [2.45, 2.75) is 23.6 Å². The molecule has 54 heavy (non-hydrogen) atoms. The second-order valence-corrected chi connectivity index (χ2v) is 15.0. The van der Waals surface area contributed by atoms with E-state index in [2.05, 4.69) is 21.3 Å². The molecule has 0 spiro atoms. The van der Waals surface area contributed by atoms with Gasteiger partial charge in [0.25, 0.3) is 32.1 Å². The first-order valence-corrected chi connectivity index (χ1v) is 18.7. The van der Waals surface area contributed by atoms with Crippen molar-refractivity contribution < 1.29 is 50.5 Å². The first kappa shape index (κ1) is 37.2. The lowest BCUT2D eigenvalue weighted by Crippen LogP contribution is -2.21. The van der Waals surface area contributed by atoms with Gasteiger partial charge in [-0.1, -0.05) is 12.1 Å². The Bertz CT molecular complexity index is 2600. The average molecular weight is 771 g/mol. The van der Waals surface area contributed by atoms with Gasteiger partial charge >= 0.3 is 6.03 Å². The van der Waals surface area contributed by atoms with Crippen LogP contribution in [0.1, 0.15) is 31.8 Å². The summed E-state index contributed by atoms with van der Waals surface area (Å²) in [5.74, 6) is -1.60. The van der Waals surface area contributed by atoms with Crippen LogP contribution in [0.4, 0.5) is 27.5 Å². The Kier molecular flexibility index (Phi) is 9.74. The lowest BCUT2D eigenvalue weighted by atomic mass is 10.0. The fraction of sp³-hybridized carbons (Fsp3) is 0.0541. The monoisotopic (exact) mass is 770 g/mol. The van der Waals surface area contributed by atoms with Crippen molar-refractivity contribution in [3.05, 3.63) is 119 Å². The van der Waals surface area contributed by atoms with Gasteiger partial charge in [-0.2, -0.15) is 16.8 Å². The number of phenolic OH excluding ortho intramolecular Hbond substituents is 2. The fourth-order valence-electron chi connectivity index (χ4n) is 5.72. The molecule has 0 aliphatic carbocycles. The molecule has 0 aliphatic heterocycles. The highest BCUT2D eigenvalue weighted by Crippen LogP contribution is 2.35. The number of carbonyl (C=O) groups excluding carboxylic acids is 3. The lowest BCUT2D eigenvalue weighted by molar-refractivity contribution is 0.101. The van der Waals surface area contributed by atoms with E-state index in [4.69, 9.17) is 0 Å². The molecule has 0 fully saturated rings. The van der Waals surface area contributed by atoms with Gasteiger partial charge in [0.05, 0.1) is 9.79 Å². The number of aromatic hydroxyl groups is 2. The largest absolute Gasteiger partial charge is 0.507 e. The van der Waals surface area contributed by atoms with Crippen molar-refractivity contribution in [3.63, 3.8) is 0 Å². The van der Waals surface area contributed by atoms with Gasteiger partial charge in [-0.05, 0) is 110 Å². The van der Waals surface area contributed by atoms with Crippen LogP contribution in [0.3, 0.4) is 0 Å². The number of hydrogen-bond donors (Lipinski definition) is 8. The van der Waals surface area contributed by atoms with Crippen molar-refractivity contribution in [2.75, 3.05) is 21.3 Å². The molecule has 0 aromatic heterocycles. The predicted molar refractivity (Wildman–Crippen MR) is 202 cm³/mol. The molecule has 17 heteroatoms. The maximum absolute atomic E-state index is 13.4. The van der Waals surface area contributed by atoms with Gasteiger partial charge in [0, 0.05) is 55.4 Å². The molecule has 0 aliphatic rings. The Hall–Kier alpha value is -6.53. The molecular formula is C37H30N4O11S2. The third-order valence-electron chi connectivity index (χ3n) is 8.50. The van der Waals surface area contributed by atoms with Gasteiger partial charge in [-0.25, -0.2) is 4.79 Å². The quantitative estimate of drug-likeness (QED) is 0.0600. The second kappa shape index (κ2) is 14.1. The van der Waals surface area contributed by atoms with Crippen LogP contribution in [0.2, 0.25) is 0 Å². The minimum Gasteiger partial charge on any atom is -0.507 e. The summed E-state index contributed by atoms with van der Waals surface area (Å²) in [7, 11) is -9.16. The number of phenols is 2. The number of anilines is 4. The number of aryl methyl sites for hydroxylation is 2. The zero-order chi connectivity index (χ0) is 39.1. The van der Waals surface area contributed by atoms with Crippen LogP contribution in [0.25, 0.3) is 21.5 Å². The van der Waals surface area contributed by atoms with E-state index in [9.17, 15) is 50.5 Å². The summed E-state index contributed by atoms with van der Waals surface area (Å²) in [4.78, 5) is 39.1. The van der Waals surface area contributed by atoms with E-state index in [0.717, 1.165) is 24.3 Å². The van der Waals surface area contributed by atoms with Crippen LogP contribution < -0.4 is 21.3 Å². The maximum Gasteiger partial charge on any atom is 0.323 e. The Morgan fingerprint density at radius 2 is 0.870 bits per heavy atom. The van der Waals surface area contributed by atoms with E-state index >= 15 is 0 Å². The van der Waals surface area contributed by atoms with Crippen LogP contribution in [-0.4, -0.2) is 54.0 Å². The van der Waals surface area contributed by atoms with Gasteiger partial charge in [0.15, 0.2) is 0 Å². The number of fused-ring (bicyclic) bond motifs is 2. The number of nitrogens with one attached hydrogen (secondary N) is 4. The third-order valence-corrected chi connectivity index (χ3v) is 10.2. The normalized spacial score (nSPS) is 11.6. The van der Waals surface area contributed by atoms with Crippen molar-refractivity contribution in [1.82, 2.24) is 0 Å². The van der Waals surface area contributed by atoms with Crippen LogP contribution in [-0.2, 0) is 20.2 Å². The van der Waals surface area contributed by atoms with Gasteiger partial charge in [0.2, 0.25) is 0 Å². The van der Waals surface area contributed by atoms with Crippen molar-refractivity contribution in [3.8, 4) is 11.5 Å². The highest BCUT2D eigenvalue weighted by Gasteiger charge is 2.19. The van der Waals surface area contributed by atoms with Crippen molar-refractivity contribution in [1.29, 1.82) is 0 Å². The molecule has 0 saturated heterocycles. The summed E-state index contributed by atoms with van der Waals surface area (Å²) >= 11 is 0. The minimum atomic E-state index is -4.58. The number of hydrogen-bond acceptors (Lipinski definition) is 9. The van der Waals surface area contributed by atoms with E-state index < -0.39 is 47.9 Å². The zero-order valence-corrected chi connectivity index (χ0v) is 29.8. The van der Waals surface area contributed by atoms with E-state index in [1.54, 1.807) is 38.1 Å². The van der Waals surface area contributed by atoms with E-state index in [0.29, 0.717) is 11.1 Å². The first-order valence-electron chi connectivity index (χ1n) is 15.8. The number of carbonyl (C=O) groups is 3. The van der Waals surface area contributed by atoms with E-state index in [-0.39, 0.29) is 66.9 Å². The Morgan fingerprint density at radius 1 is 0.481 bits per heavy atom. The molecule has 0 radical (unpaired) electrons. The Balaban J connectivity index is 1.19. The van der Waals surface area contributed by atoms with E-state index in [1.165, 1.54) is 48.5 Å². The van der Waals surface area contributed by atoms with Crippen LogP contribution >= 0.6 is 0 Å². The van der Waals surface area contributed by atoms with Crippen molar-refractivity contribution >= 4 is 82.4 Å². The predicted octanol–water partition coefficient (Wildman–Crippen LogP) is 6.66.